The summed E-state index contributed by atoms with van der Waals surface area (Å²) in [6.45, 7) is 0.229. The summed E-state index contributed by atoms with van der Waals surface area (Å²) >= 11 is 0. The van der Waals surface area contributed by atoms with E-state index in [-0.39, 0.29) is 33.0 Å². The lowest BCUT2D eigenvalue weighted by Gasteiger charge is -2.36. The first-order chi connectivity index (χ1) is 9.49. The first-order valence-electron chi connectivity index (χ1n) is 6.70. The molecular weight excluding hydrogens is 270 g/mol. The van der Waals surface area contributed by atoms with Gasteiger partial charge < -0.3 is 35.4 Å². The zero-order valence-electron chi connectivity index (χ0n) is 11.5. The molecule has 1 aliphatic rings. The van der Waals surface area contributed by atoms with Crippen LogP contribution in [0.15, 0.2) is 0 Å². The maximum absolute atomic E-state index is 9.88. The summed E-state index contributed by atoms with van der Waals surface area (Å²) in [7, 11) is 0. The number of rotatable bonds is 8. The summed E-state index contributed by atoms with van der Waals surface area (Å²) in [4.78, 5) is 1.48. The molecule has 0 bridgehead atoms. The highest BCUT2D eigenvalue weighted by Gasteiger charge is 2.42. The van der Waals surface area contributed by atoms with E-state index >= 15 is 0 Å². The molecule has 0 spiro atoms. The Morgan fingerprint density at radius 2 is 1.35 bits per heavy atom. The molecule has 4 atom stereocenters. The fraction of sp³-hybridized carbons (Fsp3) is 1.00. The summed E-state index contributed by atoms with van der Waals surface area (Å²) in [5.41, 5.74) is 0. The zero-order valence-corrected chi connectivity index (χ0v) is 11.5. The Kier molecular flexibility index (Phi) is 7.27. The van der Waals surface area contributed by atoms with E-state index in [0.717, 1.165) is 0 Å². The normalized spacial score (nSPS) is 30.9. The van der Waals surface area contributed by atoms with Crippen molar-refractivity contribution in [3.63, 3.8) is 0 Å². The summed E-state index contributed by atoms with van der Waals surface area (Å²) in [6.07, 6.45) is -3.35. The Morgan fingerprint density at radius 1 is 0.900 bits per heavy atom. The minimum absolute atomic E-state index is 0.0696. The summed E-state index contributed by atoms with van der Waals surface area (Å²) in [5.74, 6) is 0. The van der Waals surface area contributed by atoms with Crippen molar-refractivity contribution in [2.45, 2.75) is 43.4 Å². The monoisotopic (exact) mass is 295 g/mol. The SMILES string of the molecule is CC1OC(CN(C(CO)CO)C(CO)CO)C(O)C1O. The number of aliphatic hydroxyl groups excluding tert-OH is 6. The van der Waals surface area contributed by atoms with Gasteiger partial charge in [-0.2, -0.15) is 0 Å². The lowest BCUT2D eigenvalue weighted by atomic mass is 10.1. The third kappa shape index (κ3) is 3.86. The fourth-order valence-electron chi connectivity index (χ4n) is 2.42. The highest BCUT2D eigenvalue weighted by molar-refractivity contribution is 4.92. The van der Waals surface area contributed by atoms with Crippen molar-refractivity contribution in [2.75, 3.05) is 33.0 Å². The van der Waals surface area contributed by atoms with Crippen LogP contribution < -0.4 is 0 Å². The van der Waals surface area contributed by atoms with Gasteiger partial charge in [-0.15, -0.1) is 0 Å². The van der Waals surface area contributed by atoms with E-state index in [9.17, 15) is 30.6 Å². The Morgan fingerprint density at radius 3 is 1.65 bits per heavy atom. The van der Waals surface area contributed by atoms with E-state index in [2.05, 4.69) is 0 Å². The number of nitrogens with zero attached hydrogens (tertiary/aromatic N) is 1. The van der Waals surface area contributed by atoms with Crippen molar-refractivity contribution in [3.8, 4) is 0 Å². The Balaban J connectivity index is 2.79. The predicted octanol–water partition coefficient (Wildman–Crippen LogP) is -3.50. The smallest absolute Gasteiger partial charge is 0.110 e. The number of hydrogen-bond donors (Lipinski definition) is 6. The fourth-order valence-corrected chi connectivity index (χ4v) is 2.42. The van der Waals surface area contributed by atoms with Gasteiger partial charge in [0.2, 0.25) is 0 Å². The average Bonchev–Trinajstić information content (AvgIpc) is 2.69. The van der Waals surface area contributed by atoms with E-state index in [0.29, 0.717) is 0 Å². The highest BCUT2D eigenvalue weighted by Crippen LogP contribution is 2.23. The Bertz CT molecular complexity index is 261. The van der Waals surface area contributed by atoms with Crippen molar-refractivity contribution in [2.24, 2.45) is 0 Å². The molecule has 1 aliphatic heterocycles. The van der Waals surface area contributed by atoms with Crippen LogP contribution in [0.2, 0.25) is 0 Å². The zero-order chi connectivity index (χ0) is 15.3. The van der Waals surface area contributed by atoms with Gasteiger partial charge >= 0.3 is 0 Å². The molecular formula is C12H25NO7. The van der Waals surface area contributed by atoms with Crippen LogP contribution in [0.5, 0.6) is 0 Å². The Hall–Kier alpha value is -0.320. The molecule has 1 fully saturated rings. The van der Waals surface area contributed by atoms with Crippen LogP contribution in [-0.2, 0) is 4.74 Å². The van der Waals surface area contributed by atoms with E-state index in [4.69, 9.17) is 4.74 Å². The van der Waals surface area contributed by atoms with Gasteiger partial charge in [-0.3, -0.25) is 4.90 Å². The maximum atomic E-state index is 9.88. The van der Waals surface area contributed by atoms with Crippen LogP contribution in [0.3, 0.4) is 0 Å². The van der Waals surface area contributed by atoms with Gasteiger partial charge in [-0.25, -0.2) is 0 Å². The number of aliphatic hydroxyl groups is 6. The molecule has 0 aromatic rings. The molecule has 1 heterocycles. The molecule has 120 valence electrons. The van der Waals surface area contributed by atoms with Crippen molar-refractivity contribution in [1.29, 1.82) is 0 Å². The minimum atomic E-state index is -1.09. The second kappa shape index (κ2) is 8.20. The molecule has 0 radical (unpaired) electrons. The lowest BCUT2D eigenvalue weighted by Crippen LogP contribution is -2.54. The number of hydrogen-bond acceptors (Lipinski definition) is 8. The molecule has 1 saturated heterocycles. The third-order valence-corrected chi connectivity index (χ3v) is 3.77. The molecule has 20 heavy (non-hydrogen) atoms. The van der Waals surface area contributed by atoms with Gasteiger partial charge in [0.15, 0.2) is 0 Å². The van der Waals surface area contributed by atoms with Gasteiger partial charge in [0.05, 0.1) is 50.7 Å². The van der Waals surface area contributed by atoms with Gasteiger partial charge in [0.1, 0.15) is 12.2 Å². The van der Waals surface area contributed by atoms with Crippen LogP contribution >= 0.6 is 0 Å². The van der Waals surface area contributed by atoms with Crippen molar-refractivity contribution in [3.05, 3.63) is 0 Å². The molecule has 6 N–H and O–H groups in total. The Labute approximate surface area is 117 Å². The molecule has 8 nitrogen and oxygen atoms in total. The van der Waals surface area contributed by atoms with Crippen LogP contribution in [0, 0.1) is 0 Å². The quantitative estimate of drug-likeness (QED) is 0.272. The van der Waals surface area contributed by atoms with Crippen molar-refractivity contribution < 1.29 is 35.4 Å². The molecule has 0 aromatic heterocycles. The maximum Gasteiger partial charge on any atom is 0.110 e. The van der Waals surface area contributed by atoms with Gasteiger partial charge in [-0.05, 0) is 6.92 Å². The molecule has 0 aliphatic carbocycles. The standard InChI is InChI=1S/C12H25NO7/c1-7-11(18)12(19)10(20-7)2-13(8(3-14)4-15)9(5-16)6-17/h7-12,14-19H,2-6H2,1H3. The van der Waals surface area contributed by atoms with Crippen LogP contribution in [-0.4, -0.2) is 105 Å². The molecule has 1 rings (SSSR count). The topological polar surface area (TPSA) is 134 Å². The third-order valence-electron chi connectivity index (χ3n) is 3.77. The molecule has 0 saturated carbocycles. The molecule has 4 unspecified atom stereocenters. The lowest BCUT2D eigenvalue weighted by molar-refractivity contribution is -0.0557. The first-order valence-corrected chi connectivity index (χ1v) is 6.70. The molecule has 0 aromatic carbocycles. The van der Waals surface area contributed by atoms with Gasteiger partial charge in [-0.1, -0.05) is 0 Å². The summed E-state index contributed by atoms with van der Waals surface area (Å²) < 4.78 is 5.43. The van der Waals surface area contributed by atoms with Crippen LogP contribution in [0.1, 0.15) is 6.92 Å². The van der Waals surface area contributed by atoms with Gasteiger partial charge in [0.25, 0.3) is 0 Å². The van der Waals surface area contributed by atoms with E-state index < -0.39 is 36.5 Å². The average molecular weight is 295 g/mol. The minimum Gasteiger partial charge on any atom is -0.395 e. The van der Waals surface area contributed by atoms with Crippen LogP contribution in [0.4, 0.5) is 0 Å². The van der Waals surface area contributed by atoms with Crippen molar-refractivity contribution >= 4 is 0 Å². The van der Waals surface area contributed by atoms with E-state index in [1.54, 1.807) is 6.92 Å². The van der Waals surface area contributed by atoms with Crippen LogP contribution in [0.25, 0.3) is 0 Å². The summed E-state index contributed by atoms with van der Waals surface area (Å²) in [6, 6.07) is -1.38. The second-order valence-corrected chi connectivity index (χ2v) is 5.10. The predicted molar refractivity (Wildman–Crippen MR) is 69.0 cm³/mol. The number of ether oxygens (including phenoxy) is 1. The summed E-state index contributed by atoms with van der Waals surface area (Å²) in [5, 5.41) is 56.6. The largest absolute Gasteiger partial charge is 0.395 e. The highest BCUT2D eigenvalue weighted by atomic mass is 16.5. The van der Waals surface area contributed by atoms with E-state index in [1.807, 2.05) is 0 Å². The van der Waals surface area contributed by atoms with Crippen molar-refractivity contribution in [1.82, 2.24) is 4.90 Å². The van der Waals surface area contributed by atoms with Gasteiger partial charge in [0, 0.05) is 6.54 Å². The first kappa shape index (κ1) is 17.7. The van der Waals surface area contributed by atoms with E-state index in [1.165, 1.54) is 4.90 Å². The second-order valence-electron chi connectivity index (χ2n) is 5.10. The molecule has 8 heteroatoms. The molecule has 0 amide bonds.